The Morgan fingerprint density at radius 2 is 2.21 bits per heavy atom. The van der Waals surface area contributed by atoms with Crippen molar-refractivity contribution in [3.63, 3.8) is 0 Å². The number of rotatable bonds is 3. The SMILES string of the molecule is CC(N)Cc1cc(Br)cc(C(=O)O)c1. The third kappa shape index (κ3) is 3.12. The number of aromatic carboxylic acids is 1. The minimum atomic E-state index is -0.919. The summed E-state index contributed by atoms with van der Waals surface area (Å²) in [6.45, 7) is 1.89. The van der Waals surface area contributed by atoms with Crippen LogP contribution in [0.5, 0.6) is 0 Å². The van der Waals surface area contributed by atoms with Gasteiger partial charge in [0.15, 0.2) is 0 Å². The third-order valence-electron chi connectivity index (χ3n) is 1.76. The Labute approximate surface area is 91.1 Å². The quantitative estimate of drug-likeness (QED) is 0.871. The van der Waals surface area contributed by atoms with Gasteiger partial charge >= 0.3 is 5.97 Å². The van der Waals surface area contributed by atoms with Crippen molar-refractivity contribution >= 4 is 21.9 Å². The Bertz CT molecular complexity index is 350. The average molecular weight is 258 g/mol. The largest absolute Gasteiger partial charge is 0.478 e. The van der Waals surface area contributed by atoms with Crippen LogP contribution in [0.1, 0.15) is 22.8 Å². The van der Waals surface area contributed by atoms with E-state index in [1.165, 1.54) is 0 Å². The van der Waals surface area contributed by atoms with E-state index in [1.807, 2.05) is 13.0 Å². The summed E-state index contributed by atoms with van der Waals surface area (Å²) in [6.07, 6.45) is 0.680. The topological polar surface area (TPSA) is 63.3 Å². The van der Waals surface area contributed by atoms with Crippen LogP contribution in [-0.4, -0.2) is 17.1 Å². The number of benzene rings is 1. The van der Waals surface area contributed by atoms with Crippen LogP contribution in [0.2, 0.25) is 0 Å². The van der Waals surface area contributed by atoms with E-state index in [1.54, 1.807) is 12.1 Å². The zero-order valence-corrected chi connectivity index (χ0v) is 9.41. The molecule has 0 aliphatic rings. The number of hydrogen-bond donors (Lipinski definition) is 2. The first-order valence-corrected chi connectivity index (χ1v) is 5.06. The molecule has 3 nitrogen and oxygen atoms in total. The third-order valence-corrected chi connectivity index (χ3v) is 2.22. The van der Waals surface area contributed by atoms with Crippen molar-refractivity contribution in [1.82, 2.24) is 0 Å². The van der Waals surface area contributed by atoms with Crippen LogP contribution in [-0.2, 0) is 6.42 Å². The molecule has 1 atom stereocenters. The first-order chi connectivity index (χ1) is 6.49. The Morgan fingerprint density at radius 1 is 1.57 bits per heavy atom. The van der Waals surface area contributed by atoms with Crippen LogP contribution in [0.25, 0.3) is 0 Å². The second-order valence-electron chi connectivity index (χ2n) is 3.33. The van der Waals surface area contributed by atoms with Gasteiger partial charge in [-0.3, -0.25) is 0 Å². The fourth-order valence-corrected chi connectivity index (χ4v) is 1.80. The molecular weight excluding hydrogens is 246 g/mol. The lowest BCUT2D eigenvalue weighted by atomic mass is 10.1. The van der Waals surface area contributed by atoms with Gasteiger partial charge < -0.3 is 10.8 Å². The second-order valence-corrected chi connectivity index (χ2v) is 4.25. The van der Waals surface area contributed by atoms with Crippen molar-refractivity contribution in [2.45, 2.75) is 19.4 Å². The lowest BCUT2D eigenvalue weighted by Crippen LogP contribution is -2.18. The summed E-state index contributed by atoms with van der Waals surface area (Å²) < 4.78 is 0.771. The number of hydrogen-bond acceptors (Lipinski definition) is 2. The highest BCUT2D eigenvalue weighted by Crippen LogP contribution is 2.17. The molecule has 76 valence electrons. The number of carboxylic acid groups (broad SMARTS) is 1. The molecule has 0 amide bonds. The normalized spacial score (nSPS) is 12.5. The molecule has 0 spiro atoms. The zero-order valence-electron chi connectivity index (χ0n) is 7.83. The predicted molar refractivity (Wildman–Crippen MR) is 58.5 cm³/mol. The summed E-state index contributed by atoms with van der Waals surface area (Å²) in [5, 5.41) is 8.82. The highest BCUT2D eigenvalue weighted by Gasteiger charge is 2.06. The van der Waals surface area contributed by atoms with Crippen molar-refractivity contribution < 1.29 is 9.90 Å². The highest BCUT2D eigenvalue weighted by molar-refractivity contribution is 9.10. The smallest absolute Gasteiger partial charge is 0.335 e. The number of halogens is 1. The highest BCUT2D eigenvalue weighted by atomic mass is 79.9. The summed E-state index contributed by atoms with van der Waals surface area (Å²) >= 11 is 3.27. The van der Waals surface area contributed by atoms with E-state index in [2.05, 4.69) is 15.9 Å². The summed E-state index contributed by atoms with van der Waals surface area (Å²) in [5.41, 5.74) is 6.86. The summed E-state index contributed by atoms with van der Waals surface area (Å²) in [4.78, 5) is 10.7. The first-order valence-electron chi connectivity index (χ1n) is 4.27. The van der Waals surface area contributed by atoms with E-state index >= 15 is 0 Å². The standard InChI is InChI=1S/C10H12BrNO2/c1-6(12)2-7-3-8(10(13)14)5-9(11)4-7/h3-6H,2,12H2,1H3,(H,13,14). The number of carbonyl (C=O) groups is 1. The monoisotopic (exact) mass is 257 g/mol. The summed E-state index contributed by atoms with van der Waals surface area (Å²) in [6, 6.07) is 5.14. The fourth-order valence-electron chi connectivity index (χ4n) is 1.26. The molecule has 0 saturated carbocycles. The van der Waals surface area contributed by atoms with Crippen LogP contribution in [0.4, 0.5) is 0 Å². The maximum Gasteiger partial charge on any atom is 0.335 e. The maximum atomic E-state index is 10.7. The molecular formula is C10H12BrNO2. The molecule has 0 heterocycles. The molecule has 1 unspecified atom stereocenters. The van der Waals surface area contributed by atoms with Gasteiger partial charge in [-0.15, -0.1) is 0 Å². The van der Waals surface area contributed by atoms with Crippen LogP contribution in [0.3, 0.4) is 0 Å². The molecule has 0 bridgehead atoms. The van der Waals surface area contributed by atoms with Crippen LogP contribution >= 0.6 is 15.9 Å². The van der Waals surface area contributed by atoms with Crippen LogP contribution in [0.15, 0.2) is 22.7 Å². The average Bonchev–Trinajstić information content (AvgIpc) is 2.01. The van der Waals surface area contributed by atoms with Gasteiger partial charge in [-0.2, -0.15) is 0 Å². The number of nitrogens with two attached hydrogens (primary N) is 1. The van der Waals surface area contributed by atoms with Crippen molar-refractivity contribution in [3.8, 4) is 0 Å². The first kappa shape index (κ1) is 11.2. The minimum absolute atomic E-state index is 0.0333. The van der Waals surface area contributed by atoms with Crippen molar-refractivity contribution in [1.29, 1.82) is 0 Å². The van der Waals surface area contributed by atoms with E-state index in [4.69, 9.17) is 10.8 Å². The minimum Gasteiger partial charge on any atom is -0.478 e. The van der Waals surface area contributed by atoms with E-state index in [9.17, 15) is 4.79 Å². The predicted octanol–water partition coefficient (Wildman–Crippen LogP) is 2.04. The molecule has 4 heteroatoms. The second kappa shape index (κ2) is 4.57. The molecule has 0 aliphatic carbocycles. The molecule has 0 fully saturated rings. The van der Waals surface area contributed by atoms with Gasteiger partial charge in [0.1, 0.15) is 0 Å². The lowest BCUT2D eigenvalue weighted by Gasteiger charge is -2.06. The fraction of sp³-hybridized carbons (Fsp3) is 0.300. The van der Waals surface area contributed by atoms with E-state index in [0.29, 0.717) is 6.42 Å². The molecule has 0 radical (unpaired) electrons. The van der Waals surface area contributed by atoms with E-state index < -0.39 is 5.97 Å². The Kier molecular flexibility index (Phi) is 3.66. The molecule has 0 aliphatic heterocycles. The lowest BCUT2D eigenvalue weighted by molar-refractivity contribution is 0.0696. The molecule has 0 aromatic heterocycles. The molecule has 1 aromatic carbocycles. The molecule has 14 heavy (non-hydrogen) atoms. The number of carboxylic acids is 1. The molecule has 1 aromatic rings. The van der Waals surface area contributed by atoms with Gasteiger partial charge in [-0.1, -0.05) is 15.9 Å². The van der Waals surface area contributed by atoms with Gasteiger partial charge in [0.2, 0.25) is 0 Å². The molecule has 3 N–H and O–H groups in total. The van der Waals surface area contributed by atoms with E-state index in [-0.39, 0.29) is 11.6 Å². The molecule has 1 rings (SSSR count). The van der Waals surface area contributed by atoms with Crippen LogP contribution < -0.4 is 5.73 Å². The van der Waals surface area contributed by atoms with Gasteiger partial charge in [-0.25, -0.2) is 4.79 Å². The Balaban J connectivity index is 3.01. The Hall–Kier alpha value is -0.870. The Morgan fingerprint density at radius 3 is 2.71 bits per heavy atom. The van der Waals surface area contributed by atoms with Crippen molar-refractivity contribution in [2.75, 3.05) is 0 Å². The van der Waals surface area contributed by atoms with Gasteiger partial charge in [0, 0.05) is 10.5 Å². The maximum absolute atomic E-state index is 10.7. The van der Waals surface area contributed by atoms with Crippen molar-refractivity contribution in [3.05, 3.63) is 33.8 Å². The van der Waals surface area contributed by atoms with Gasteiger partial charge in [0.25, 0.3) is 0 Å². The van der Waals surface area contributed by atoms with Gasteiger partial charge in [0.05, 0.1) is 5.56 Å². The summed E-state index contributed by atoms with van der Waals surface area (Å²) in [5.74, 6) is -0.919. The van der Waals surface area contributed by atoms with E-state index in [0.717, 1.165) is 10.0 Å². The van der Waals surface area contributed by atoms with Crippen LogP contribution in [0, 0.1) is 0 Å². The summed E-state index contributed by atoms with van der Waals surface area (Å²) in [7, 11) is 0. The zero-order chi connectivity index (χ0) is 10.7. The molecule has 0 saturated heterocycles. The van der Waals surface area contributed by atoms with Gasteiger partial charge in [-0.05, 0) is 37.1 Å². The van der Waals surface area contributed by atoms with Crippen molar-refractivity contribution in [2.24, 2.45) is 5.73 Å².